The summed E-state index contributed by atoms with van der Waals surface area (Å²) >= 11 is 0. The minimum atomic E-state index is -0.554. The summed E-state index contributed by atoms with van der Waals surface area (Å²) in [5.41, 5.74) is 2.88. The molecular formula is C45H65N3O10. The smallest absolute Gasteiger partial charge is 0.253 e. The highest BCUT2D eigenvalue weighted by atomic mass is 16.6. The van der Waals surface area contributed by atoms with E-state index in [1.807, 2.05) is 29.2 Å². The molecule has 0 saturated carbocycles. The van der Waals surface area contributed by atoms with Gasteiger partial charge in [0.15, 0.2) is 0 Å². The first kappa shape index (κ1) is 45.4. The Bertz CT molecular complexity index is 1620. The highest BCUT2D eigenvalue weighted by Crippen LogP contribution is 2.47. The molecule has 0 bridgehead atoms. The number of hydrogen-bond acceptors (Lipinski definition) is 10. The first-order valence-corrected chi connectivity index (χ1v) is 21.0. The topological polar surface area (TPSA) is 156 Å². The quantitative estimate of drug-likeness (QED) is 0.0732. The summed E-state index contributed by atoms with van der Waals surface area (Å²) in [7, 11) is 1.63. The molecule has 1 unspecified atom stereocenters. The lowest BCUT2D eigenvalue weighted by molar-refractivity contribution is -0.138. The van der Waals surface area contributed by atoms with Crippen molar-refractivity contribution in [3.05, 3.63) is 71.3 Å². The highest BCUT2D eigenvalue weighted by molar-refractivity contribution is 6.12. The van der Waals surface area contributed by atoms with E-state index in [0.717, 1.165) is 47.3 Å². The van der Waals surface area contributed by atoms with Crippen molar-refractivity contribution in [1.82, 2.24) is 15.1 Å². The molecule has 3 fully saturated rings. The molecule has 0 radical (unpaired) electrons. The van der Waals surface area contributed by atoms with Gasteiger partial charge in [0, 0.05) is 44.8 Å². The number of carbonyl (C=O) groups is 4. The van der Waals surface area contributed by atoms with E-state index < -0.39 is 6.10 Å². The summed E-state index contributed by atoms with van der Waals surface area (Å²) in [4.78, 5) is 52.4. The van der Waals surface area contributed by atoms with Gasteiger partial charge < -0.3 is 39.0 Å². The summed E-state index contributed by atoms with van der Waals surface area (Å²) in [5, 5.41) is 13.1. The summed E-state index contributed by atoms with van der Waals surface area (Å²) in [6, 6.07) is 7.85. The second-order valence-electron chi connectivity index (χ2n) is 16.7. The normalized spacial score (nSPS) is 27.0. The Morgan fingerprint density at radius 1 is 1.02 bits per heavy atom. The number of imide groups is 1. The molecule has 0 aliphatic carbocycles. The molecule has 58 heavy (non-hydrogen) atoms. The van der Waals surface area contributed by atoms with Gasteiger partial charge in [-0.05, 0) is 75.5 Å². The van der Waals surface area contributed by atoms with Gasteiger partial charge in [0.2, 0.25) is 11.8 Å². The monoisotopic (exact) mass is 807 g/mol. The van der Waals surface area contributed by atoms with E-state index in [9.17, 15) is 24.3 Å². The van der Waals surface area contributed by atoms with E-state index in [0.29, 0.717) is 58.2 Å². The second-order valence-corrected chi connectivity index (χ2v) is 16.7. The van der Waals surface area contributed by atoms with E-state index in [1.54, 1.807) is 14.0 Å². The van der Waals surface area contributed by atoms with Gasteiger partial charge in [-0.2, -0.15) is 0 Å². The fraction of sp³-hybridized carbons (Fsp3) is 0.644. The number of methoxy groups -OCH3 is 1. The number of carbonyl (C=O) groups excluding carboxylic acids is 4. The van der Waals surface area contributed by atoms with Crippen LogP contribution in [0.25, 0.3) is 0 Å². The third kappa shape index (κ3) is 12.9. The van der Waals surface area contributed by atoms with Gasteiger partial charge in [-0.1, -0.05) is 56.3 Å². The van der Waals surface area contributed by atoms with Crippen molar-refractivity contribution in [2.45, 2.75) is 122 Å². The Balaban J connectivity index is 0.947. The second kappa shape index (κ2) is 21.5. The van der Waals surface area contributed by atoms with Crippen LogP contribution in [0.1, 0.15) is 84.3 Å². The van der Waals surface area contributed by atoms with Gasteiger partial charge in [0.1, 0.15) is 0 Å². The van der Waals surface area contributed by atoms with Crippen molar-refractivity contribution in [1.29, 1.82) is 0 Å². The van der Waals surface area contributed by atoms with E-state index in [-0.39, 0.29) is 78.6 Å². The zero-order chi connectivity index (χ0) is 41.8. The standard InChI is InChI=1S/C45H65N3O10/c1-30(26-45(5)43(58-45)32(3)42(54-6)33(4)49)9-7-10-31(2)38-12-8-11-37(57-38)25-41(52)47-20-19-36(28-47)44(53)46-27-34-13-15-35(16-14-34)29-56-24-23-55-22-21-48-39(50)17-18-40(48)51/h7,9-10,13-18,30,32-33,36-38,42-43,49H,8,11-12,19-29H2,1-6H3,(H,46,53)/b9-7+,31-10+/t30-,32-,33-,36?,37-,38+,42-,43-,45-/m1/s1. The summed E-state index contributed by atoms with van der Waals surface area (Å²) < 4.78 is 29.2. The average Bonchev–Trinajstić information content (AvgIpc) is 3.46. The zero-order valence-corrected chi connectivity index (χ0v) is 35.2. The summed E-state index contributed by atoms with van der Waals surface area (Å²) in [5.74, 6) is -0.468. The summed E-state index contributed by atoms with van der Waals surface area (Å²) in [6.45, 7) is 13.3. The van der Waals surface area contributed by atoms with Gasteiger partial charge in [0.25, 0.3) is 11.8 Å². The molecule has 0 spiro atoms. The molecule has 4 aliphatic rings. The maximum Gasteiger partial charge on any atom is 0.253 e. The number of rotatable bonds is 22. The van der Waals surface area contributed by atoms with Crippen molar-refractivity contribution < 1.29 is 48.0 Å². The average molecular weight is 808 g/mol. The predicted molar refractivity (Wildman–Crippen MR) is 218 cm³/mol. The Kier molecular flexibility index (Phi) is 16.8. The first-order valence-electron chi connectivity index (χ1n) is 21.0. The SMILES string of the molecule is CO[C@H]([C@@H](C)[C@H]1O[C@]1(C)C[C@H](C)/C=C/C=C(\C)[C@@H]1CCC[C@H](CC(=O)N2CCC(C(=O)NCc3ccc(COCCOCCN4C(=O)C=CC4=O)cc3)C2)O1)[C@@H](C)O. The largest absolute Gasteiger partial charge is 0.391 e. The molecule has 1 aromatic rings. The molecular weight excluding hydrogens is 743 g/mol. The molecule has 4 heterocycles. The molecule has 13 heteroatoms. The number of aliphatic hydroxyl groups is 1. The molecule has 0 aromatic heterocycles. The first-order chi connectivity index (χ1) is 27.8. The van der Waals surface area contributed by atoms with Crippen LogP contribution in [0, 0.1) is 17.8 Å². The van der Waals surface area contributed by atoms with Crippen molar-refractivity contribution >= 4 is 23.6 Å². The lowest BCUT2D eigenvalue weighted by Crippen LogP contribution is -2.37. The van der Waals surface area contributed by atoms with Crippen LogP contribution in [0.2, 0.25) is 0 Å². The molecule has 3 saturated heterocycles. The lowest BCUT2D eigenvalue weighted by atomic mass is 9.86. The van der Waals surface area contributed by atoms with Crippen molar-refractivity contribution in [3.63, 3.8) is 0 Å². The third-order valence-electron chi connectivity index (χ3n) is 11.9. The minimum Gasteiger partial charge on any atom is -0.391 e. The molecule has 5 rings (SSSR count). The van der Waals surface area contributed by atoms with E-state index >= 15 is 0 Å². The molecule has 2 N–H and O–H groups in total. The Morgan fingerprint density at radius 3 is 2.43 bits per heavy atom. The zero-order valence-electron chi connectivity index (χ0n) is 35.2. The number of likely N-dealkylation sites (tertiary alicyclic amines) is 1. The molecule has 1 aromatic carbocycles. The number of allylic oxidation sites excluding steroid dienone is 3. The van der Waals surface area contributed by atoms with Crippen LogP contribution >= 0.6 is 0 Å². The molecule has 4 amide bonds. The van der Waals surface area contributed by atoms with Crippen molar-refractivity contribution in [2.75, 3.05) is 46.6 Å². The van der Waals surface area contributed by atoms with Crippen LogP contribution in [0.3, 0.4) is 0 Å². The van der Waals surface area contributed by atoms with Gasteiger partial charge in [-0.15, -0.1) is 0 Å². The van der Waals surface area contributed by atoms with Crippen LogP contribution in [0.4, 0.5) is 0 Å². The summed E-state index contributed by atoms with van der Waals surface area (Å²) in [6.07, 6.45) is 12.6. The van der Waals surface area contributed by atoms with Gasteiger partial charge >= 0.3 is 0 Å². The Hall–Kier alpha value is -3.72. The number of ether oxygens (including phenoxy) is 5. The number of amides is 4. The number of benzene rings is 1. The Morgan fingerprint density at radius 2 is 1.72 bits per heavy atom. The minimum absolute atomic E-state index is 0.0248. The fourth-order valence-electron chi connectivity index (χ4n) is 8.53. The number of nitrogens with one attached hydrogen (secondary N) is 1. The van der Waals surface area contributed by atoms with Crippen molar-refractivity contribution in [3.8, 4) is 0 Å². The van der Waals surface area contributed by atoms with Crippen LogP contribution in [-0.4, -0.2) is 121 Å². The fourth-order valence-corrected chi connectivity index (χ4v) is 8.53. The van der Waals surface area contributed by atoms with Crippen molar-refractivity contribution in [2.24, 2.45) is 17.8 Å². The Labute approximate surface area is 344 Å². The predicted octanol–water partition coefficient (Wildman–Crippen LogP) is 4.66. The van der Waals surface area contributed by atoms with Gasteiger partial charge in [-0.3, -0.25) is 24.1 Å². The van der Waals surface area contributed by atoms with Crippen LogP contribution < -0.4 is 5.32 Å². The number of aliphatic hydroxyl groups excluding tert-OH is 1. The van der Waals surface area contributed by atoms with Crippen LogP contribution in [-0.2, 0) is 56.0 Å². The maximum absolute atomic E-state index is 13.3. The molecule has 320 valence electrons. The van der Waals surface area contributed by atoms with E-state index in [4.69, 9.17) is 23.7 Å². The van der Waals surface area contributed by atoms with Crippen LogP contribution in [0.5, 0.6) is 0 Å². The molecule has 4 aliphatic heterocycles. The van der Waals surface area contributed by atoms with Gasteiger partial charge in [0.05, 0.1) is 81.4 Å². The molecule has 13 nitrogen and oxygen atoms in total. The lowest BCUT2D eigenvalue weighted by Gasteiger charge is -2.31. The number of epoxide rings is 1. The van der Waals surface area contributed by atoms with E-state index in [1.165, 1.54) is 12.2 Å². The van der Waals surface area contributed by atoms with E-state index in [2.05, 4.69) is 51.2 Å². The third-order valence-corrected chi connectivity index (χ3v) is 11.9. The van der Waals surface area contributed by atoms with Crippen LogP contribution in [0.15, 0.2) is 60.2 Å². The van der Waals surface area contributed by atoms with Gasteiger partial charge in [-0.25, -0.2) is 0 Å². The molecule has 9 atom stereocenters. The number of hydrogen-bond donors (Lipinski definition) is 2. The maximum atomic E-state index is 13.3. The highest BCUT2D eigenvalue weighted by Gasteiger charge is 2.56. The number of nitrogens with zero attached hydrogens (tertiary/aromatic N) is 2.